The van der Waals surface area contributed by atoms with Crippen molar-refractivity contribution in [3.63, 3.8) is 0 Å². The SMILES string of the molecule is CC(C)(CO)CNc1cc(Cl)cc2cccnc12. The third kappa shape index (κ3) is 2.92. The number of nitrogens with one attached hydrogen (secondary N) is 1. The molecule has 1 heterocycles. The Hall–Kier alpha value is -1.32. The lowest BCUT2D eigenvalue weighted by Crippen LogP contribution is -2.26. The van der Waals surface area contributed by atoms with Crippen LogP contribution in [0, 0.1) is 5.41 Å². The first-order chi connectivity index (χ1) is 8.52. The van der Waals surface area contributed by atoms with Gasteiger partial charge in [0.25, 0.3) is 0 Å². The van der Waals surface area contributed by atoms with Gasteiger partial charge in [-0.05, 0) is 18.2 Å². The second-order valence-electron chi connectivity index (χ2n) is 5.20. The number of hydrogen-bond donors (Lipinski definition) is 2. The zero-order valence-electron chi connectivity index (χ0n) is 10.6. The fourth-order valence-corrected chi connectivity index (χ4v) is 1.91. The van der Waals surface area contributed by atoms with Gasteiger partial charge in [-0.1, -0.05) is 31.5 Å². The number of aromatic nitrogens is 1. The Balaban J connectivity index is 2.33. The quantitative estimate of drug-likeness (QED) is 0.890. The third-order valence-electron chi connectivity index (χ3n) is 2.86. The highest BCUT2D eigenvalue weighted by Crippen LogP contribution is 2.27. The molecule has 0 aliphatic heterocycles. The number of benzene rings is 1. The molecular weight excluding hydrogens is 248 g/mol. The minimum Gasteiger partial charge on any atom is -0.396 e. The van der Waals surface area contributed by atoms with Crippen molar-refractivity contribution >= 4 is 28.2 Å². The van der Waals surface area contributed by atoms with Gasteiger partial charge in [-0.15, -0.1) is 0 Å². The highest BCUT2D eigenvalue weighted by Gasteiger charge is 2.16. The van der Waals surface area contributed by atoms with Crippen molar-refractivity contribution in [3.05, 3.63) is 35.5 Å². The van der Waals surface area contributed by atoms with Crippen molar-refractivity contribution in [1.82, 2.24) is 4.98 Å². The topological polar surface area (TPSA) is 45.1 Å². The van der Waals surface area contributed by atoms with Crippen molar-refractivity contribution in [2.45, 2.75) is 13.8 Å². The lowest BCUT2D eigenvalue weighted by atomic mass is 9.95. The number of aliphatic hydroxyl groups excluding tert-OH is 1. The van der Waals surface area contributed by atoms with Crippen LogP contribution in [0.25, 0.3) is 10.9 Å². The molecule has 0 saturated carbocycles. The molecule has 0 saturated heterocycles. The molecule has 2 rings (SSSR count). The molecule has 2 N–H and O–H groups in total. The number of hydrogen-bond acceptors (Lipinski definition) is 3. The molecule has 0 unspecified atom stereocenters. The summed E-state index contributed by atoms with van der Waals surface area (Å²) < 4.78 is 0. The summed E-state index contributed by atoms with van der Waals surface area (Å²) in [6.07, 6.45) is 1.76. The van der Waals surface area contributed by atoms with Crippen molar-refractivity contribution in [2.75, 3.05) is 18.5 Å². The van der Waals surface area contributed by atoms with E-state index in [0.717, 1.165) is 16.6 Å². The van der Waals surface area contributed by atoms with Crippen LogP contribution in [0.1, 0.15) is 13.8 Å². The van der Waals surface area contributed by atoms with Gasteiger partial charge in [0.15, 0.2) is 0 Å². The van der Waals surface area contributed by atoms with Gasteiger partial charge in [0, 0.05) is 35.2 Å². The lowest BCUT2D eigenvalue weighted by molar-refractivity contribution is 0.171. The zero-order valence-corrected chi connectivity index (χ0v) is 11.3. The average molecular weight is 265 g/mol. The molecule has 0 bridgehead atoms. The van der Waals surface area contributed by atoms with Gasteiger partial charge in [0.05, 0.1) is 11.2 Å². The third-order valence-corrected chi connectivity index (χ3v) is 3.07. The number of fused-ring (bicyclic) bond motifs is 1. The Morgan fingerprint density at radius 2 is 2.17 bits per heavy atom. The smallest absolute Gasteiger partial charge is 0.0934 e. The monoisotopic (exact) mass is 264 g/mol. The van der Waals surface area contributed by atoms with E-state index in [1.54, 1.807) is 6.20 Å². The van der Waals surface area contributed by atoms with E-state index in [-0.39, 0.29) is 12.0 Å². The van der Waals surface area contributed by atoms with E-state index in [4.69, 9.17) is 11.6 Å². The number of aliphatic hydroxyl groups is 1. The van der Waals surface area contributed by atoms with Gasteiger partial charge in [0.2, 0.25) is 0 Å². The molecule has 0 amide bonds. The molecule has 18 heavy (non-hydrogen) atoms. The molecule has 0 aliphatic rings. The average Bonchev–Trinajstić information content (AvgIpc) is 2.36. The first-order valence-corrected chi connectivity index (χ1v) is 6.29. The standard InChI is InChI=1S/C14H17ClN2O/c1-14(2,9-18)8-17-12-7-11(15)6-10-4-3-5-16-13(10)12/h3-7,17-18H,8-9H2,1-2H3. The molecule has 96 valence electrons. The normalized spacial score (nSPS) is 11.8. The lowest BCUT2D eigenvalue weighted by Gasteiger charge is -2.23. The number of rotatable bonds is 4. The van der Waals surface area contributed by atoms with Gasteiger partial charge in [-0.3, -0.25) is 4.98 Å². The second-order valence-corrected chi connectivity index (χ2v) is 5.64. The van der Waals surface area contributed by atoms with Crippen molar-refractivity contribution < 1.29 is 5.11 Å². The van der Waals surface area contributed by atoms with Gasteiger partial charge in [-0.25, -0.2) is 0 Å². The van der Waals surface area contributed by atoms with Crippen molar-refractivity contribution in [1.29, 1.82) is 0 Å². The van der Waals surface area contributed by atoms with Crippen LogP contribution < -0.4 is 5.32 Å². The Morgan fingerprint density at radius 3 is 2.89 bits per heavy atom. The first kappa shape index (κ1) is 13.1. The van der Waals surface area contributed by atoms with Crippen molar-refractivity contribution in [2.24, 2.45) is 5.41 Å². The maximum Gasteiger partial charge on any atom is 0.0934 e. The van der Waals surface area contributed by atoms with Gasteiger partial charge >= 0.3 is 0 Å². The van der Waals surface area contributed by atoms with Crippen LogP contribution in [0.4, 0.5) is 5.69 Å². The minimum atomic E-state index is -0.177. The molecular formula is C14H17ClN2O. The molecule has 0 fully saturated rings. The predicted octanol–water partition coefficient (Wildman–Crippen LogP) is 3.32. The molecule has 0 aliphatic carbocycles. The van der Waals surface area contributed by atoms with Gasteiger partial charge in [-0.2, -0.15) is 0 Å². The summed E-state index contributed by atoms with van der Waals surface area (Å²) in [6.45, 7) is 4.79. The maximum absolute atomic E-state index is 9.26. The summed E-state index contributed by atoms with van der Waals surface area (Å²) in [6, 6.07) is 7.63. The van der Waals surface area contributed by atoms with E-state index in [1.165, 1.54) is 0 Å². The van der Waals surface area contributed by atoms with E-state index in [9.17, 15) is 5.11 Å². The molecule has 3 nitrogen and oxygen atoms in total. The summed E-state index contributed by atoms with van der Waals surface area (Å²) >= 11 is 6.09. The summed E-state index contributed by atoms with van der Waals surface area (Å²) in [5, 5.41) is 14.3. The molecule has 2 aromatic rings. The van der Waals surface area contributed by atoms with Crippen LogP contribution in [0.2, 0.25) is 5.02 Å². The summed E-state index contributed by atoms with van der Waals surface area (Å²) in [5.74, 6) is 0. The molecule has 0 spiro atoms. The Morgan fingerprint density at radius 1 is 1.39 bits per heavy atom. The fraction of sp³-hybridized carbons (Fsp3) is 0.357. The zero-order chi connectivity index (χ0) is 13.2. The number of nitrogens with zero attached hydrogens (tertiary/aromatic N) is 1. The van der Waals surface area contributed by atoms with Crippen LogP contribution in [0.3, 0.4) is 0 Å². The van der Waals surface area contributed by atoms with Crippen LogP contribution in [-0.2, 0) is 0 Å². The predicted molar refractivity (Wildman–Crippen MR) is 76.1 cm³/mol. The molecule has 4 heteroatoms. The van der Waals surface area contributed by atoms with Gasteiger partial charge < -0.3 is 10.4 Å². The fourth-order valence-electron chi connectivity index (χ4n) is 1.68. The van der Waals surface area contributed by atoms with Crippen molar-refractivity contribution in [3.8, 4) is 0 Å². The maximum atomic E-state index is 9.26. The highest BCUT2D eigenvalue weighted by molar-refractivity contribution is 6.31. The summed E-state index contributed by atoms with van der Waals surface area (Å²) in [7, 11) is 0. The molecule has 0 radical (unpaired) electrons. The number of pyridine rings is 1. The molecule has 0 atom stereocenters. The second kappa shape index (κ2) is 5.12. The van der Waals surface area contributed by atoms with E-state index in [0.29, 0.717) is 11.6 Å². The van der Waals surface area contributed by atoms with E-state index in [1.807, 2.05) is 38.1 Å². The van der Waals surface area contributed by atoms with Crippen LogP contribution in [-0.4, -0.2) is 23.2 Å². The van der Waals surface area contributed by atoms with Crippen LogP contribution in [0.5, 0.6) is 0 Å². The molecule has 1 aromatic heterocycles. The Labute approximate surface area is 112 Å². The minimum absolute atomic E-state index is 0.131. The first-order valence-electron chi connectivity index (χ1n) is 5.91. The van der Waals surface area contributed by atoms with E-state index in [2.05, 4.69) is 10.3 Å². The largest absolute Gasteiger partial charge is 0.396 e. The van der Waals surface area contributed by atoms with Crippen LogP contribution in [0.15, 0.2) is 30.5 Å². The Kier molecular flexibility index (Phi) is 3.73. The molecule has 1 aromatic carbocycles. The van der Waals surface area contributed by atoms with Crippen LogP contribution >= 0.6 is 11.6 Å². The number of anilines is 1. The van der Waals surface area contributed by atoms with E-state index < -0.39 is 0 Å². The van der Waals surface area contributed by atoms with E-state index >= 15 is 0 Å². The Bertz CT molecular complexity index is 554. The van der Waals surface area contributed by atoms with Gasteiger partial charge in [0.1, 0.15) is 0 Å². The highest BCUT2D eigenvalue weighted by atomic mass is 35.5. The number of halogens is 1. The summed E-state index contributed by atoms with van der Waals surface area (Å²) in [4.78, 5) is 4.37. The summed E-state index contributed by atoms with van der Waals surface area (Å²) in [5.41, 5.74) is 1.62.